The number of rotatable bonds is 4. The van der Waals surface area contributed by atoms with Crippen LogP contribution >= 0.6 is 0 Å². The quantitative estimate of drug-likeness (QED) is 0.302. The summed E-state index contributed by atoms with van der Waals surface area (Å²) in [6.07, 6.45) is 7.02. The third-order valence-electron chi connectivity index (χ3n) is 1.46. The first kappa shape index (κ1) is 11.1. The maximum Gasteiger partial charge on any atom is 0.137 e. The molecule has 0 heterocycles. The van der Waals surface area contributed by atoms with Gasteiger partial charge in [-0.3, -0.25) is 5.26 Å². The molecule has 0 saturated heterocycles. The normalized spacial score (nSPS) is 15.7. The van der Waals surface area contributed by atoms with Crippen LogP contribution in [-0.2, 0) is 4.89 Å². The van der Waals surface area contributed by atoms with E-state index in [0.717, 1.165) is 0 Å². The second-order valence-corrected chi connectivity index (χ2v) is 3.08. The Morgan fingerprint density at radius 3 is 2.42 bits per heavy atom. The summed E-state index contributed by atoms with van der Waals surface area (Å²) in [5.41, 5.74) is 0.405. The van der Waals surface area contributed by atoms with Crippen LogP contribution in [0.3, 0.4) is 0 Å². The number of allylic oxidation sites excluding steroid dienone is 3. The van der Waals surface area contributed by atoms with E-state index in [0.29, 0.717) is 0 Å². The molecule has 2 heteroatoms. The lowest BCUT2D eigenvalue weighted by Crippen LogP contribution is -2.20. The van der Waals surface area contributed by atoms with E-state index >= 15 is 0 Å². The van der Waals surface area contributed by atoms with E-state index in [1.807, 2.05) is 26.0 Å². The molecule has 0 saturated carbocycles. The molecule has 68 valence electrons. The zero-order chi connectivity index (χ0) is 9.61. The molecule has 1 unspecified atom stereocenters. The van der Waals surface area contributed by atoms with E-state index < -0.39 is 5.60 Å². The molecule has 0 rings (SSSR count). The van der Waals surface area contributed by atoms with Gasteiger partial charge in [-0.25, -0.2) is 4.89 Å². The summed E-state index contributed by atoms with van der Waals surface area (Å²) in [6.45, 7) is 9.25. The van der Waals surface area contributed by atoms with Crippen LogP contribution < -0.4 is 0 Å². The van der Waals surface area contributed by atoms with Crippen LogP contribution in [0.5, 0.6) is 0 Å². The number of hydrogen-bond acceptors (Lipinski definition) is 2. The van der Waals surface area contributed by atoms with Crippen LogP contribution in [0.1, 0.15) is 20.8 Å². The second-order valence-electron chi connectivity index (χ2n) is 3.08. The third kappa shape index (κ3) is 4.11. The van der Waals surface area contributed by atoms with E-state index in [9.17, 15) is 0 Å². The summed E-state index contributed by atoms with van der Waals surface area (Å²) < 4.78 is 0. The average Bonchev–Trinajstić information content (AvgIpc) is 2.03. The van der Waals surface area contributed by atoms with Gasteiger partial charge in [0, 0.05) is 0 Å². The topological polar surface area (TPSA) is 29.5 Å². The largest absolute Gasteiger partial charge is 0.251 e. The predicted octanol–water partition coefficient (Wildman–Crippen LogP) is 2.94. The van der Waals surface area contributed by atoms with Gasteiger partial charge in [0.15, 0.2) is 0 Å². The Morgan fingerprint density at radius 1 is 1.50 bits per heavy atom. The standard InChI is InChI=1S/C10H16O2/c1-5-10(4,12-11)8-6-7-9(2)3/h5-8,11H,1H2,2-4H3/b8-6+. The minimum atomic E-state index is -0.786. The SMILES string of the molecule is C=CC(C)(/C=C/C=C(C)C)OO. The summed E-state index contributed by atoms with van der Waals surface area (Å²) in [6, 6.07) is 0. The van der Waals surface area contributed by atoms with Gasteiger partial charge in [-0.05, 0) is 26.8 Å². The Kier molecular flexibility index (Phi) is 4.55. The smallest absolute Gasteiger partial charge is 0.137 e. The van der Waals surface area contributed by atoms with Gasteiger partial charge in [0.05, 0.1) is 0 Å². The van der Waals surface area contributed by atoms with Crippen molar-refractivity contribution in [2.24, 2.45) is 0 Å². The Hall–Kier alpha value is -0.860. The molecule has 1 N–H and O–H groups in total. The Balaban J connectivity index is 4.30. The lowest BCUT2D eigenvalue weighted by atomic mass is 10.1. The minimum Gasteiger partial charge on any atom is -0.251 e. The van der Waals surface area contributed by atoms with E-state index in [4.69, 9.17) is 5.26 Å². The molecule has 0 spiro atoms. The van der Waals surface area contributed by atoms with E-state index in [1.54, 1.807) is 13.0 Å². The highest BCUT2D eigenvalue weighted by molar-refractivity contribution is 5.16. The lowest BCUT2D eigenvalue weighted by Gasteiger charge is -2.15. The first-order chi connectivity index (χ1) is 5.54. The van der Waals surface area contributed by atoms with E-state index in [1.165, 1.54) is 11.6 Å². The highest BCUT2D eigenvalue weighted by Gasteiger charge is 2.15. The molecule has 0 amide bonds. The molecule has 2 nitrogen and oxygen atoms in total. The molecule has 0 aliphatic heterocycles. The van der Waals surface area contributed by atoms with Crippen LogP contribution in [0, 0.1) is 0 Å². The van der Waals surface area contributed by atoms with Crippen molar-refractivity contribution in [3.8, 4) is 0 Å². The molecular formula is C10H16O2. The maximum atomic E-state index is 8.51. The molecule has 0 fully saturated rings. The predicted molar refractivity (Wildman–Crippen MR) is 50.9 cm³/mol. The molecule has 0 aromatic heterocycles. The van der Waals surface area contributed by atoms with Gasteiger partial charge in [-0.2, -0.15) is 0 Å². The summed E-state index contributed by atoms with van der Waals surface area (Å²) in [5, 5.41) is 8.51. The molecule has 0 aliphatic rings. The molecule has 0 aromatic rings. The fourth-order valence-corrected chi connectivity index (χ4v) is 0.567. The van der Waals surface area contributed by atoms with Crippen molar-refractivity contribution in [1.82, 2.24) is 0 Å². The van der Waals surface area contributed by atoms with Crippen LogP contribution in [0.4, 0.5) is 0 Å². The van der Waals surface area contributed by atoms with Gasteiger partial charge < -0.3 is 0 Å². The molecule has 12 heavy (non-hydrogen) atoms. The molecule has 0 aliphatic carbocycles. The fourth-order valence-electron chi connectivity index (χ4n) is 0.567. The van der Waals surface area contributed by atoms with Crippen LogP contribution in [0.25, 0.3) is 0 Å². The first-order valence-corrected chi connectivity index (χ1v) is 3.83. The first-order valence-electron chi connectivity index (χ1n) is 3.83. The second kappa shape index (κ2) is 4.91. The highest BCUT2D eigenvalue weighted by atomic mass is 17.1. The Morgan fingerprint density at radius 2 is 2.08 bits per heavy atom. The highest BCUT2D eigenvalue weighted by Crippen LogP contribution is 2.11. The Labute approximate surface area is 73.8 Å². The van der Waals surface area contributed by atoms with Crippen molar-refractivity contribution in [1.29, 1.82) is 0 Å². The molecule has 0 radical (unpaired) electrons. The summed E-state index contributed by atoms with van der Waals surface area (Å²) in [7, 11) is 0. The summed E-state index contributed by atoms with van der Waals surface area (Å²) in [4.78, 5) is 4.23. The number of hydrogen-bond donors (Lipinski definition) is 1. The van der Waals surface area contributed by atoms with Crippen molar-refractivity contribution in [3.63, 3.8) is 0 Å². The van der Waals surface area contributed by atoms with E-state index in [-0.39, 0.29) is 0 Å². The van der Waals surface area contributed by atoms with Gasteiger partial charge in [0.1, 0.15) is 5.60 Å². The van der Waals surface area contributed by atoms with Crippen molar-refractivity contribution in [2.75, 3.05) is 0 Å². The van der Waals surface area contributed by atoms with Crippen molar-refractivity contribution in [3.05, 3.63) is 36.5 Å². The van der Waals surface area contributed by atoms with E-state index in [2.05, 4.69) is 11.5 Å². The van der Waals surface area contributed by atoms with Crippen LogP contribution in [-0.4, -0.2) is 10.9 Å². The molecule has 0 aromatic carbocycles. The molecule has 0 bridgehead atoms. The average molecular weight is 168 g/mol. The van der Waals surface area contributed by atoms with Gasteiger partial charge >= 0.3 is 0 Å². The Bertz CT molecular complexity index is 200. The van der Waals surface area contributed by atoms with Crippen molar-refractivity contribution in [2.45, 2.75) is 26.4 Å². The fraction of sp³-hybridized carbons (Fsp3) is 0.400. The van der Waals surface area contributed by atoms with Gasteiger partial charge in [-0.1, -0.05) is 30.4 Å². The molecular weight excluding hydrogens is 152 g/mol. The monoisotopic (exact) mass is 168 g/mol. The maximum absolute atomic E-state index is 8.51. The minimum absolute atomic E-state index is 0.786. The third-order valence-corrected chi connectivity index (χ3v) is 1.46. The molecule has 1 atom stereocenters. The summed E-state index contributed by atoms with van der Waals surface area (Å²) in [5.74, 6) is 0. The van der Waals surface area contributed by atoms with Crippen molar-refractivity contribution < 1.29 is 10.1 Å². The zero-order valence-electron chi connectivity index (χ0n) is 7.87. The van der Waals surface area contributed by atoms with Gasteiger partial charge in [0.2, 0.25) is 0 Å². The zero-order valence-corrected chi connectivity index (χ0v) is 7.87. The van der Waals surface area contributed by atoms with Crippen molar-refractivity contribution >= 4 is 0 Å². The van der Waals surface area contributed by atoms with Crippen LogP contribution in [0.2, 0.25) is 0 Å². The lowest BCUT2D eigenvalue weighted by molar-refractivity contribution is -0.287. The summed E-state index contributed by atoms with van der Waals surface area (Å²) >= 11 is 0. The van der Waals surface area contributed by atoms with Crippen LogP contribution in [0.15, 0.2) is 36.5 Å². The van der Waals surface area contributed by atoms with Gasteiger partial charge in [-0.15, -0.1) is 0 Å². The van der Waals surface area contributed by atoms with Gasteiger partial charge in [0.25, 0.3) is 0 Å².